The number of allylic oxidation sites excluding steroid dienone is 2. The van der Waals surface area contributed by atoms with E-state index < -0.39 is 36.2 Å². The maximum Gasteiger partial charge on any atom is 0.406 e. The van der Waals surface area contributed by atoms with Gasteiger partial charge in [0, 0.05) is 41.9 Å². The van der Waals surface area contributed by atoms with Crippen LogP contribution in [0.25, 0.3) is 0 Å². The van der Waals surface area contributed by atoms with Crippen molar-refractivity contribution in [3.63, 3.8) is 0 Å². The number of carboxylic acid groups (broad SMARTS) is 2. The number of aromatic nitrogens is 1. The minimum atomic E-state index is -4.24. The van der Waals surface area contributed by atoms with Crippen LogP contribution in [0.2, 0.25) is 0 Å². The number of pyridine rings is 1. The SMILES string of the molecule is CC1=C(C(=O)O)C(CCl)C(O)(C(=O)O)C=C1.O=c1ccn(CC(F)(F)F)cc1. The highest BCUT2D eigenvalue weighted by atomic mass is 35.5. The van der Waals surface area contributed by atoms with E-state index in [2.05, 4.69) is 0 Å². The van der Waals surface area contributed by atoms with Gasteiger partial charge in [-0.15, -0.1) is 11.6 Å². The molecule has 0 saturated carbocycles. The zero-order chi connectivity index (χ0) is 21.7. The Kier molecular flexibility index (Phi) is 7.59. The Labute approximate surface area is 162 Å². The second kappa shape index (κ2) is 9.07. The average molecular weight is 424 g/mol. The van der Waals surface area contributed by atoms with Crippen LogP contribution in [0.3, 0.4) is 0 Å². The summed E-state index contributed by atoms with van der Waals surface area (Å²) in [7, 11) is 0. The smallest absolute Gasteiger partial charge is 0.406 e. The van der Waals surface area contributed by atoms with Crippen LogP contribution < -0.4 is 5.43 Å². The number of carboxylic acids is 2. The first-order valence-corrected chi connectivity index (χ1v) is 8.23. The molecule has 1 aliphatic carbocycles. The minimum absolute atomic E-state index is 0.164. The third-order valence-corrected chi connectivity index (χ3v) is 4.15. The molecule has 154 valence electrons. The normalized spacial score (nSPS) is 21.7. The molecular weight excluding hydrogens is 407 g/mol. The lowest BCUT2D eigenvalue weighted by Crippen LogP contribution is -2.48. The van der Waals surface area contributed by atoms with Crippen molar-refractivity contribution in [1.82, 2.24) is 4.57 Å². The molecule has 0 aromatic carbocycles. The molecule has 0 saturated heterocycles. The summed E-state index contributed by atoms with van der Waals surface area (Å²) < 4.78 is 36.1. The fourth-order valence-electron chi connectivity index (χ4n) is 2.44. The van der Waals surface area contributed by atoms with E-state index in [0.717, 1.165) is 35.2 Å². The van der Waals surface area contributed by atoms with Crippen molar-refractivity contribution < 1.29 is 38.1 Å². The number of aliphatic hydroxyl groups is 1. The van der Waals surface area contributed by atoms with E-state index >= 15 is 0 Å². The predicted molar refractivity (Wildman–Crippen MR) is 93.0 cm³/mol. The number of rotatable bonds is 4. The fourth-order valence-corrected chi connectivity index (χ4v) is 2.83. The van der Waals surface area contributed by atoms with E-state index in [4.69, 9.17) is 21.8 Å². The highest BCUT2D eigenvalue weighted by Crippen LogP contribution is 2.34. The van der Waals surface area contributed by atoms with Crippen molar-refractivity contribution in [1.29, 1.82) is 0 Å². The lowest BCUT2D eigenvalue weighted by atomic mass is 9.77. The van der Waals surface area contributed by atoms with Gasteiger partial charge < -0.3 is 19.9 Å². The summed E-state index contributed by atoms with van der Waals surface area (Å²) in [6.07, 6.45) is 0.311. The van der Waals surface area contributed by atoms with Crippen molar-refractivity contribution in [3.05, 3.63) is 58.0 Å². The molecular formula is C17H17ClF3NO6. The Morgan fingerprint density at radius 3 is 2.18 bits per heavy atom. The van der Waals surface area contributed by atoms with Crippen molar-refractivity contribution in [2.45, 2.75) is 25.2 Å². The van der Waals surface area contributed by atoms with Crippen molar-refractivity contribution >= 4 is 23.5 Å². The highest BCUT2D eigenvalue weighted by molar-refractivity contribution is 6.19. The summed E-state index contributed by atoms with van der Waals surface area (Å²) in [5, 5.41) is 27.8. The molecule has 2 atom stereocenters. The first-order valence-electron chi connectivity index (χ1n) is 7.69. The molecule has 3 N–H and O–H groups in total. The van der Waals surface area contributed by atoms with E-state index in [1.54, 1.807) is 0 Å². The lowest BCUT2D eigenvalue weighted by Gasteiger charge is -2.32. The van der Waals surface area contributed by atoms with Crippen LogP contribution in [-0.2, 0) is 16.1 Å². The monoisotopic (exact) mass is 423 g/mol. The van der Waals surface area contributed by atoms with E-state index in [1.807, 2.05) is 0 Å². The van der Waals surface area contributed by atoms with Gasteiger partial charge in [-0.3, -0.25) is 4.79 Å². The molecule has 28 heavy (non-hydrogen) atoms. The molecule has 0 spiro atoms. The van der Waals surface area contributed by atoms with Gasteiger partial charge in [0.25, 0.3) is 0 Å². The summed E-state index contributed by atoms with van der Waals surface area (Å²) in [6.45, 7) is 0.466. The molecule has 0 aliphatic heterocycles. The summed E-state index contributed by atoms with van der Waals surface area (Å²) in [6, 6.07) is 2.18. The molecule has 0 radical (unpaired) electrons. The minimum Gasteiger partial charge on any atom is -0.479 e. The molecule has 7 nitrogen and oxygen atoms in total. The van der Waals surface area contributed by atoms with Crippen LogP contribution in [0.1, 0.15) is 6.92 Å². The third kappa shape index (κ3) is 5.96. The van der Waals surface area contributed by atoms with Crippen LogP contribution in [0.5, 0.6) is 0 Å². The molecule has 0 fully saturated rings. The lowest BCUT2D eigenvalue weighted by molar-refractivity contribution is -0.157. The Hall–Kier alpha value is -2.59. The summed E-state index contributed by atoms with van der Waals surface area (Å²) >= 11 is 5.56. The van der Waals surface area contributed by atoms with Gasteiger partial charge in [-0.25, -0.2) is 9.59 Å². The maximum atomic E-state index is 11.7. The van der Waals surface area contributed by atoms with Crippen LogP contribution in [0.4, 0.5) is 13.2 Å². The molecule has 1 heterocycles. The van der Waals surface area contributed by atoms with Gasteiger partial charge >= 0.3 is 18.1 Å². The van der Waals surface area contributed by atoms with Crippen LogP contribution in [0.15, 0.2) is 52.6 Å². The van der Waals surface area contributed by atoms with Crippen molar-refractivity contribution in [2.75, 3.05) is 5.88 Å². The standard InChI is InChI=1S/C10H11ClO5.C7H6F3NO/c1-5-2-3-10(16,9(14)15)6(4-11)7(5)8(12)13;8-7(9,10)5-11-3-1-6(12)2-4-11/h2-3,6,16H,4H2,1H3,(H,12,13)(H,14,15);1-4H,5H2. The maximum absolute atomic E-state index is 11.7. The van der Waals surface area contributed by atoms with Gasteiger partial charge in [-0.2, -0.15) is 13.2 Å². The topological polar surface area (TPSA) is 117 Å². The Morgan fingerprint density at radius 1 is 1.25 bits per heavy atom. The van der Waals surface area contributed by atoms with Crippen molar-refractivity contribution in [2.24, 2.45) is 5.92 Å². The number of hydrogen-bond acceptors (Lipinski definition) is 4. The summed E-state index contributed by atoms with van der Waals surface area (Å²) in [5.41, 5.74) is -2.32. The highest BCUT2D eigenvalue weighted by Gasteiger charge is 2.47. The van der Waals surface area contributed by atoms with Gasteiger partial charge in [-0.1, -0.05) is 6.08 Å². The van der Waals surface area contributed by atoms with Crippen LogP contribution >= 0.6 is 11.6 Å². The molecule has 1 aromatic rings. The number of halogens is 4. The Morgan fingerprint density at radius 2 is 1.79 bits per heavy atom. The summed E-state index contributed by atoms with van der Waals surface area (Å²) in [4.78, 5) is 32.4. The molecule has 0 amide bonds. The second-order valence-electron chi connectivity index (χ2n) is 5.89. The second-order valence-corrected chi connectivity index (χ2v) is 6.20. The number of carbonyl (C=O) groups is 2. The molecule has 1 aliphatic rings. The Bertz CT molecular complexity index is 841. The number of nitrogens with zero attached hydrogens (tertiary/aromatic N) is 1. The average Bonchev–Trinajstić information content (AvgIpc) is 2.57. The molecule has 0 bridgehead atoms. The van der Waals surface area contributed by atoms with E-state index in [1.165, 1.54) is 13.0 Å². The molecule has 2 unspecified atom stereocenters. The zero-order valence-corrected chi connectivity index (χ0v) is 15.2. The third-order valence-electron chi connectivity index (χ3n) is 3.84. The number of hydrogen-bond donors (Lipinski definition) is 3. The first kappa shape index (κ1) is 23.4. The van der Waals surface area contributed by atoms with Gasteiger partial charge in [-0.05, 0) is 18.6 Å². The van der Waals surface area contributed by atoms with Gasteiger partial charge in [0.15, 0.2) is 11.0 Å². The van der Waals surface area contributed by atoms with E-state index in [9.17, 15) is 32.7 Å². The van der Waals surface area contributed by atoms with E-state index in [-0.39, 0.29) is 16.9 Å². The predicted octanol–water partition coefficient (Wildman–Crippen LogP) is 2.04. The number of alkyl halides is 4. The first-order chi connectivity index (χ1) is 12.8. The zero-order valence-electron chi connectivity index (χ0n) is 14.5. The van der Waals surface area contributed by atoms with Crippen LogP contribution in [-0.4, -0.2) is 49.5 Å². The van der Waals surface area contributed by atoms with Gasteiger partial charge in [0.05, 0.1) is 0 Å². The largest absolute Gasteiger partial charge is 0.479 e. The fraction of sp³-hybridized carbons (Fsp3) is 0.353. The van der Waals surface area contributed by atoms with Gasteiger partial charge in [0.2, 0.25) is 0 Å². The van der Waals surface area contributed by atoms with E-state index in [0.29, 0.717) is 5.57 Å². The quantitative estimate of drug-likeness (QED) is 0.638. The van der Waals surface area contributed by atoms with Crippen molar-refractivity contribution in [3.8, 4) is 0 Å². The van der Waals surface area contributed by atoms with Crippen LogP contribution in [0, 0.1) is 5.92 Å². The molecule has 11 heteroatoms. The Balaban J connectivity index is 0.000000292. The molecule has 2 rings (SSSR count). The van der Waals surface area contributed by atoms with Gasteiger partial charge in [0.1, 0.15) is 6.54 Å². The molecule has 1 aromatic heterocycles. The number of aliphatic carboxylic acids is 2. The summed E-state index contributed by atoms with van der Waals surface area (Å²) in [5.74, 6) is -4.23.